The minimum atomic E-state index is -0.803. The van der Waals surface area contributed by atoms with Crippen LogP contribution < -0.4 is 0 Å². The quantitative estimate of drug-likeness (QED) is 0.438. The lowest BCUT2D eigenvalue weighted by atomic mass is 9.86. The van der Waals surface area contributed by atoms with Gasteiger partial charge in [-0.05, 0) is 63.1 Å². The normalized spacial score (nSPS) is 17.2. The smallest absolute Gasteiger partial charge is 0.309 e. The molecule has 1 aliphatic carbocycles. The van der Waals surface area contributed by atoms with Gasteiger partial charge < -0.3 is 14.6 Å². The van der Waals surface area contributed by atoms with Crippen LogP contribution in [-0.4, -0.2) is 38.0 Å². The predicted octanol–water partition coefficient (Wildman–Crippen LogP) is 5.95. The molecule has 1 fully saturated rings. The Hall–Kier alpha value is -2.37. The van der Waals surface area contributed by atoms with Crippen molar-refractivity contribution >= 4 is 22.9 Å². The van der Waals surface area contributed by atoms with Crippen LogP contribution in [0, 0.1) is 11.3 Å². The highest BCUT2D eigenvalue weighted by molar-refractivity contribution is 5.84. The first-order valence-electron chi connectivity index (χ1n) is 13.3. The number of rotatable bonds is 10. The lowest BCUT2D eigenvalue weighted by Gasteiger charge is -2.29. The van der Waals surface area contributed by atoms with Gasteiger partial charge in [-0.25, -0.2) is 4.98 Å². The molecule has 0 radical (unpaired) electrons. The summed E-state index contributed by atoms with van der Waals surface area (Å²) in [6.07, 6.45) is 15.0. The number of carbonyl (C=O) groups excluding carboxylic acids is 1. The third-order valence-electron chi connectivity index (χ3n) is 8.11. The van der Waals surface area contributed by atoms with Crippen molar-refractivity contribution < 1.29 is 14.7 Å². The van der Waals surface area contributed by atoms with E-state index in [0.717, 1.165) is 37.5 Å². The van der Waals surface area contributed by atoms with Crippen LogP contribution in [0.1, 0.15) is 95.7 Å². The van der Waals surface area contributed by atoms with Gasteiger partial charge in [-0.15, -0.1) is 0 Å². The van der Waals surface area contributed by atoms with E-state index in [1.54, 1.807) is 13.8 Å². The molecule has 186 valence electrons. The molecule has 2 aliphatic rings. The first kappa shape index (κ1) is 24.7. The Balaban J connectivity index is 1.39. The zero-order valence-electron chi connectivity index (χ0n) is 21.0. The molecule has 0 aromatic carbocycles. The van der Waals surface area contributed by atoms with Crippen LogP contribution in [0.15, 0.2) is 18.3 Å². The highest BCUT2D eigenvalue weighted by Crippen LogP contribution is 2.32. The summed E-state index contributed by atoms with van der Waals surface area (Å²) < 4.78 is 2.37. The molecule has 3 heterocycles. The Morgan fingerprint density at radius 2 is 1.94 bits per heavy atom. The molecule has 4 rings (SSSR count). The van der Waals surface area contributed by atoms with Gasteiger partial charge in [0, 0.05) is 36.8 Å². The van der Waals surface area contributed by atoms with Gasteiger partial charge in [0.05, 0.1) is 12.0 Å². The van der Waals surface area contributed by atoms with Gasteiger partial charge >= 0.3 is 5.97 Å². The number of pyridine rings is 1. The second kappa shape index (κ2) is 10.9. The van der Waals surface area contributed by atoms with Crippen LogP contribution in [-0.2, 0) is 29.1 Å². The number of unbranched alkanes of at least 4 members (excludes halogenated alkanes) is 1. The molecule has 1 aliphatic heterocycles. The van der Waals surface area contributed by atoms with Crippen molar-refractivity contribution in [3.8, 4) is 0 Å². The zero-order valence-corrected chi connectivity index (χ0v) is 21.0. The van der Waals surface area contributed by atoms with Crippen LogP contribution in [0.3, 0.4) is 0 Å². The van der Waals surface area contributed by atoms with Crippen molar-refractivity contribution in [2.75, 3.05) is 6.54 Å². The summed E-state index contributed by atoms with van der Waals surface area (Å²) in [5, 5.41) is 10.6. The predicted molar refractivity (Wildman–Crippen MR) is 135 cm³/mol. The number of carboxylic acids is 1. The van der Waals surface area contributed by atoms with Gasteiger partial charge in [-0.1, -0.05) is 44.9 Å². The average Bonchev–Trinajstić information content (AvgIpc) is 3.15. The Morgan fingerprint density at radius 1 is 1.15 bits per heavy atom. The molecule has 6 nitrogen and oxygen atoms in total. The number of amides is 1. The number of aryl methyl sites for hydroxylation is 1. The largest absolute Gasteiger partial charge is 0.481 e. The van der Waals surface area contributed by atoms with Gasteiger partial charge in [0.1, 0.15) is 5.65 Å². The number of fused-ring (bicyclic) bond motifs is 3. The number of hydrogen-bond donors (Lipinski definition) is 1. The number of nitrogens with zero attached hydrogens (tertiary/aromatic N) is 3. The Kier molecular flexibility index (Phi) is 7.95. The molecular weight excluding hydrogens is 426 g/mol. The van der Waals surface area contributed by atoms with Crippen molar-refractivity contribution in [2.45, 2.75) is 104 Å². The summed E-state index contributed by atoms with van der Waals surface area (Å²) in [5.74, 6) is 0.249. The summed E-state index contributed by atoms with van der Waals surface area (Å²) in [6.45, 7) is 5.78. The monoisotopic (exact) mass is 467 g/mol. The lowest BCUT2D eigenvalue weighted by Crippen LogP contribution is -2.36. The van der Waals surface area contributed by atoms with E-state index in [2.05, 4.69) is 10.6 Å². The van der Waals surface area contributed by atoms with E-state index in [1.807, 2.05) is 17.2 Å². The number of aromatic nitrogens is 2. The minimum Gasteiger partial charge on any atom is -0.481 e. The molecule has 6 heteroatoms. The Bertz CT molecular complexity index is 1000. The average molecular weight is 468 g/mol. The molecule has 0 atom stereocenters. The zero-order chi connectivity index (χ0) is 24.1. The summed E-state index contributed by atoms with van der Waals surface area (Å²) in [5.41, 5.74) is 2.87. The van der Waals surface area contributed by atoms with Crippen LogP contribution >= 0.6 is 0 Å². The summed E-state index contributed by atoms with van der Waals surface area (Å²) in [6, 6.07) is 4.18. The first-order chi connectivity index (χ1) is 16.4. The van der Waals surface area contributed by atoms with Crippen molar-refractivity contribution in [1.29, 1.82) is 0 Å². The molecule has 2 aromatic rings. The topological polar surface area (TPSA) is 75.4 Å². The van der Waals surface area contributed by atoms with E-state index in [4.69, 9.17) is 4.98 Å². The fourth-order valence-electron chi connectivity index (χ4n) is 5.84. The third-order valence-corrected chi connectivity index (χ3v) is 8.11. The van der Waals surface area contributed by atoms with E-state index in [9.17, 15) is 14.7 Å². The molecule has 0 unspecified atom stereocenters. The van der Waals surface area contributed by atoms with Gasteiger partial charge in [-0.3, -0.25) is 9.59 Å². The van der Waals surface area contributed by atoms with Crippen LogP contribution in [0.25, 0.3) is 11.0 Å². The molecular formula is C28H41N3O3. The van der Waals surface area contributed by atoms with E-state index in [1.165, 1.54) is 61.6 Å². The van der Waals surface area contributed by atoms with Gasteiger partial charge in [0.2, 0.25) is 5.91 Å². The van der Waals surface area contributed by atoms with Gasteiger partial charge in [0.15, 0.2) is 0 Å². The summed E-state index contributed by atoms with van der Waals surface area (Å²) >= 11 is 0. The van der Waals surface area contributed by atoms with Crippen LogP contribution in [0.5, 0.6) is 0 Å². The van der Waals surface area contributed by atoms with Crippen molar-refractivity contribution in [3.63, 3.8) is 0 Å². The first-order valence-corrected chi connectivity index (χ1v) is 13.3. The minimum absolute atomic E-state index is 0.133. The van der Waals surface area contributed by atoms with E-state index >= 15 is 0 Å². The molecule has 0 saturated heterocycles. The molecule has 0 bridgehead atoms. The SMILES string of the molecule is CC(C)(CCCC(=O)N1CCc2c(n(CCCCC3CCCCC3)c3ncccc23)C1)C(=O)O. The standard InChI is InChI=1S/C28H41N3O3/c1-28(2,27(33)34)16-8-14-25(32)30-19-15-22-23-13-9-17-29-26(23)31(24(22)20-30)18-7-6-12-21-10-4-3-5-11-21/h9,13,17,21H,3-8,10-12,14-16,18-20H2,1-2H3,(H,33,34). The molecule has 2 aromatic heterocycles. The fourth-order valence-corrected chi connectivity index (χ4v) is 5.84. The maximum absolute atomic E-state index is 13.0. The number of aliphatic carboxylic acids is 1. The van der Waals surface area contributed by atoms with Crippen molar-refractivity contribution in [1.82, 2.24) is 14.5 Å². The van der Waals surface area contributed by atoms with E-state index in [-0.39, 0.29) is 5.91 Å². The maximum atomic E-state index is 13.0. The molecule has 34 heavy (non-hydrogen) atoms. The highest BCUT2D eigenvalue weighted by atomic mass is 16.4. The third kappa shape index (κ3) is 5.64. The Labute approximate surface area is 203 Å². The lowest BCUT2D eigenvalue weighted by molar-refractivity contribution is -0.147. The number of carbonyl (C=O) groups is 2. The van der Waals surface area contributed by atoms with E-state index < -0.39 is 11.4 Å². The number of carboxylic acid groups (broad SMARTS) is 1. The Morgan fingerprint density at radius 3 is 2.71 bits per heavy atom. The van der Waals surface area contributed by atoms with E-state index in [0.29, 0.717) is 25.8 Å². The highest BCUT2D eigenvalue weighted by Gasteiger charge is 2.29. The molecule has 1 saturated carbocycles. The second-order valence-electron chi connectivity index (χ2n) is 11.1. The summed E-state index contributed by atoms with van der Waals surface area (Å²) in [7, 11) is 0. The van der Waals surface area contributed by atoms with Crippen molar-refractivity contribution in [3.05, 3.63) is 29.6 Å². The van der Waals surface area contributed by atoms with Crippen LogP contribution in [0.2, 0.25) is 0 Å². The fraction of sp³-hybridized carbons (Fsp3) is 0.679. The maximum Gasteiger partial charge on any atom is 0.309 e. The summed E-state index contributed by atoms with van der Waals surface area (Å²) in [4.78, 5) is 31.0. The van der Waals surface area contributed by atoms with Crippen molar-refractivity contribution in [2.24, 2.45) is 11.3 Å². The number of hydrogen-bond acceptors (Lipinski definition) is 3. The van der Waals surface area contributed by atoms with Gasteiger partial charge in [0.25, 0.3) is 0 Å². The molecule has 1 N–H and O–H groups in total. The van der Waals surface area contributed by atoms with Crippen LogP contribution in [0.4, 0.5) is 0 Å². The van der Waals surface area contributed by atoms with Gasteiger partial charge in [-0.2, -0.15) is 0 Å². The molecule has 0 spiro atoms. The molecule has 1 amide bonds. The second-order valence-corrected chi connectivity index (χ2v) is 11.1.